The van der Waals surface area contributed by atoms with E-state index >= 15 is 0 Å². The lowest BCUT2D eigenvalue weighted by atomic mass is 10.0. The maximum absolute atomic E-state index is 12.7. The van der Waals surface area contributed by atoms with Crippen LogP contribution in [0.3, 0.4) is 0 Å². The van der Waals surface area contributed by atoms with Crippen LogP contribution in [-0.4, -0.2) is 27.0 Å². The van der Waals surface area contributed by atoms with Crippen molar-refractivity contribution in [2.45, 2.75) is 34.2 Å². The Labute approximate surface area is 151 Å². The van der Waals surface area contributed by atoms with Crippen molar-refractivity contribution in [3.05, 3.63) is 69.0 Å². The third-order valence-corrected chi connectivity index (χ3v) is 4.30. The highest BCUT2D eigenvalue weighted by atomic mass is 16.2. The zero-order valence-electron chi connectivity index (χ0n) is 15.5. The second kappa shape index (κ2) is 7.07. The van der Waals surface area contributed by atoms with Crippen molar-refractivity contribution in [2.75, 3.05) is 6.54 Å². The van der Waals surface area contributed by atoms with Crippen LogP contribution >= 0.6 is 0 Å². The van der Waals surface area contributed by atoms with Crippen LogP contribution in [0.25, 0.3) is 10.9 Å². The molecule has 0 fully saturated rings. The van der Waals surface area contributed by atoms with Crippen LogP contribution in [0.15, 0.2) is 35.1 Å². The number of rotatable bonds is 4. The molecule has 0 aliphatic carbocycles. The Morgan fingerprint density at radius 2 is 1.77 bits per heavy atom. The molecule has 0 atom stereocenters. The summed E-state index contributed by atoms with van der Waals surface area (Å²) < 4.78 is 1.56. The van der Waals surface area contributed by atoms with Gasteiger partial charge in [-0.2, -0.15) is 4.98 Å². The van der Waals surface area contributed by atoms with Crippen LogP contribution in [0.2, 0.25) is 0 Å². The summed E-state index contributed by atoms with van der Waals surface area (Å²) in [6.45, 7) is 8.24. The summed E-state index contributed by atoms with van der Waals surface area (Å²) in [4.78, 5) is 33.1. The van der Waals surface area contributed by atoms with Gasteiger partial charge in [-0.05, 0) is 52.0 Å². The molecule has 6 nitrogen and oxygen atoms in total. The molecule has 0 saturated heterocycles. The fourth-order valence-corrected chi connectivity index (χ4v) is 3.08. The number of hydrogen-bond donors (Lipinski definition) is 1. The second-order valence-electron chi connectivity index (χ2n) is 6.56. The minimum Gasteiger partial charge on any atom is -0.350 e. The van der Waals surface area contributed by atoms with Crippen LogP contribution in [0.1, 0.15) is 33.0 Å². The van der Waals surface area contributed by atoms with Gasteiger partial charge in [-0.25, -0.2) is 4.79 Å². The highest BCUT2D eigenvalue weighted by Gasteiger charge is 2.12. The van der Waals surface area contributed by atoms with Gasteiger partial charge in [0.1, 0.15) is 0 Å². The molecule has 0 bridgehead atoms. The van der Waals surface area contributed by atoms with E-state index < -0.39 is 0 Å². The van der Waals surface area contributed by atoms with Gasteiger partial charge in [-0.3, -0.25) is 14.3 Å². The molecule has 2 heterocycles. The largest absolute Gasteiger partial charge is 0.350 e. The van der Waals surface area contributed by atoms with Gasteiger partial charge in [-0.1, -0.05) is 11.6 Å². The smallest absolute Gasteiger partial charge is 0.348 e. The Balaban J connectivity index is 1.80. The molecule has 1 N–H and O–H groups in total. The summed E-state index contributed by atoms with van der Waals surface area (Å²) >= 11 is 0. The van der Waals surface area contributed by atoms with E-state index in [4.69, 9.17) is 0 Å². The third kappa shape index (κ3) is 3.64. The number of aryl methyl sites for hydroxylation is 4. The minimum atomic E-state index is -0.294. The molecule has 1 amide bonds. The maximum Gasteiger partial charge on any atom is 0.348 e. The first kappa shape index (κ1) is 17.8. The van der Waals surface area contributed by atoms with E-state index in [1.54, 1.807) is 17.6 Å². The summed E-state index contributed by atoms with van der Waals surface area (Å²) in [6, 6.07) is 9.52. The Morgan fingerprint density at radius 3 is 2.50 bits per heavy atom. The topological polar surface area (TPSA) is 76.9 Å². The van der Waals surface area contributed by atoms with E-state index in [-0.39, 0.29) is 11.6 Å². The van der Waals surface area contributed by atoms with E-state index in [1.807, 2.05) is 45.0 Å². The number of nitrogens with one attached hydrogen (secondary N) is 1. The van der Waals surface area contributed by atoms with Gasteiger partial charge in [0.2, 0.25) is 0 Å². The number of amides is 1. The Kier molecular flexibility index (Phi) is 4.84. The number of carbonyl (C=O) groups is 1. The molecule has 1 aromatic carbocycles. The Morgan fingerprint density at radius 1 is 1.04 bits per heavy atom. The van der Waals surface area contributed by atoms with Gasteiger partial charge in [-0.15, -0.1) is 0 Å². The molecular formula is C20H22N4O2. The van der Waals surface area contributed by atoms with Crippen molar-refractivity contribution >= 4 is 16.8 Å². The average Bonchev–Trinajstić information content (AvgIpc) is 2.56. The van der Waals surface area contributed by atoms with Crippen LogP contribution in [0, 0.1) is 27.7 Å². The Hall–Kier alpha value is -3.02. The van der Waals surface area contributed by atoms with E-state index in [9.17, 15) is 9.59 Å². The van der Waals surface area contributed by atoms with Crippen molar-refractivity contribution in [1.29, 1.82) is 0 Å². The molecule has 3 rings (SSSR count). The number of hydrogen-bond acceptors (Lipinski definition) is 4. The SMILES string of the molecule is Cc1ccc2nc(C)cc(C(=O)NCCn3c(C)cc(C)nc3=O)c2c1. The average molecular weight is 350 g/mol. The quantitative estimate of drug-likeness (QED) is 0.784. The lowest BCUT2D eigenvalue weighted by Gasteiger charge is -2.12. The number of nitrogens with zero attached hydrogens (tertiary/aromatic N) is 3. The first-order chi connectivity index (χ1) is 12.3. The predicted octanol–water partition coefficient (Wildman–Crippen LogP) is 2.46. The third-order valence-electron chi connectivity index (χ3n) is 4.30. The monoisotopic (exact) mass is 350 g/mol. The van der Waals surface area contributed by atoms with E-state index in [0.717, 1.165) is 27.9 Å². The first-order valence-electron chi connectivity index (χ1n) is 8.56. The molecule has 0 aliphatic heterocycles. The van der Waals surface area contributed by atoms with Gasteiger partial charge in [0.15, 0.2) is 0 Å². The normalized spacial score (nSPS) is 10.9. The molecule has 26 heavy (non-hydrogen) atoms. The van der Waals surface area contributed by atoms with Crippen molar-refractivity contribution in [1.82, 2.24) is 19.9 Å². The van der Waals surface area contributed by atoms with Crippen molar-refractivity contribution in [3.8, 4) is 0 Å². The van der Waals surface area contributed by atoms with Gasteiger partial charge < -0.3 is 5.32 Å². The highest BCUT2D eigenvalue weighted by molar-refractivity contribution is 6.06. The van der Waals surface area contributed by atoms with Gasteiger partial charge >= 0.3 is 5.69 Å². The minimum absolute atomic E-state index is 0.170. The van der Waals surface area contributed by atoms with Gasteiger partial charge in [0, 0.05) is 35.6 Å². The van der Waals surface area contributed by atoms with Gasteiger partial charge in [0.05, 0.1) is 11.1 Å². The lowest BCUT2D eigenvalue weighted by Crippen LogP contribution is -2.33. The Bertz CT molecular complexity index is 1050. The first-order valence-corrected chi connectivity index (χ1v) is 8.56. The second-order valence-corrected chi connectivity index (χ2v) is 6.56. The molecule has 3 aromatic rings. The number of pyridine rings is 1. The number of aromatic nitrogens is 3. The zero-order valence-corrected chi connectivity index (χ0v) is 15.5. The van der Waals surface area contributed by atoms with E-state index in [1.165, 1.54) is 0 Å². The maximum atomic E-state index is 12.7. The molecule has 0 unspecified atom stereocenters. The number of fused-ring (bicyclic) bond motifs is 1. The summed E-state index contributed by atoms with van der Waals surface area (Å²) in [6.07, 6.45) is 0. The van der Waals surface area contributed by atoms with Crippen LogP contribution in [0.4, 0.5) is 0 Å². The molecule has 134 valence electrons. The van der Waals surface area contributed by atoms with E-state index in [0.29, 0.717) is 24.3 Å². The van der Waals surface area contributed by atoms with Crippen molar-refractivity contribution in [3.63, 3.8) is 0 Å². The molecule has 2 aromatic heterocycles. The fourth-order valence-electron chi connectivity index (χ4n) is 3.08. The van der Waals surface area contributed by atoms with Crippen molar-refractivity contribution < 1.29 is 4.79 Å². The predicted molar refractivity (Wildman–Crippen MR) is 102 cm³/mol. The molecule has 6 heteroatoms. The standard InChI is InChI=1S/C20H22N4O2/c1-12-5-6-18-16(9-12)17(11-14(3)22-18)19(25)21-7-8-24-15(4)10-13(2)23-20(24)26/h5-6,9-11H,7-8H2,1-4H3,(H,21,25). The molecule has 0 aliphatic rings. The molecule has 0 saturated carbocycles. The van der Waals surface area contributed by atoms with Crippen LogP contribution in [0.5, 0.6) is 0 Å². The van der Waals surface area contributed by atoms with Crippen molar-refractivity contribution in [2.24, 2.45) is 0 Å². The summed E-state index contributed by atoms with van der Waals surface area (Å²) in [7, 11) is 0. The summed E-state index contributed by atoms with van der Waals surface area (Å²) in [5.74, 6) is -0.170. The fraction of sp³-hybridized carbons (Fsp3) is 0.300. The van der Waals surface area contributed by atoms with E-state index in [2.05, 4.69) is 15.3 Å². The molecule has 0 spiro atoms. The van der Waals surface area contributed by atoms with Crippen LogP contribution in [-0.2, 0) is 6.54 Å². The zero-order chi connectivity index (χ0) is 18.8. The van der Waals surface area contributed by atoms with Crippen LogP contribution < -0.4 is 11.0 Å². The number of carbonyl (C=O) groups excluding carboxylic acids is 1. The molecular weight excluding hydrogens is 328 g/mol. The molecule has 0 radical (unpaired) electrons. The lowest BCUT2D eigenvalue weighted by molar-refractivity contribution is 0.0953. The number of benzene rings is 1. The highest BCUT2D eigenvalue weighted by Crippen LogP contribution is 2.20. The van der Waals surface area contributed by atoms with Gasteiger partial charge in [0.25, 0.3) is 5.91 Å². The summed E-state index contributed by atoms with van der Waals surface area (Å²) in [5.41, 5.74) is 4.50. The summed E-state index contributed by atoms with van der Waals surface area (Å²) in [5, 5.41) is 3.73.